The van der Waals surface area contributed by atoms with E-state index in [4.69, 9.17) is 10.5 Å². The zero-order valence-electron chi connectivity index (χ0n) is 11.0. The summed E-state index contributed by atoms with van der Waals surface area (Å²) >= 11 is 0. The Labute approximate surface area is 114 Å². The molecule has 1 aromatic carbocycles. The number of nitrogens with two attached hydrogens (primary N) is 1. The van der Waals surface area contributed by atoms with Crippen LogP contribution in [0.5, 0.6) is 5.75 Å². The van der Waals surface area contributed by atoms with E-state index in [0.717, 1.165) is 12.8 Å². The molecule has 1 aliphatic rings. The summed E-state index contributed by atoms with van der Waals surface area (Å²) < 4.78 is 31.7. The Bertz CT molecular complexity index is 507. The molecule has 0 aliphatic heterocycles. The van der Waals surface area contributed by atoms with E-state index in [1.54, 1.807) is 31.2 Å². The van der Waals surface area contributed by atoms with Crippen molar-refractivity contribution < 1.29 is 13.2 Å². The Balaban J connectivity index is 1.96. The minimum atomic E-state index is -3.38. The van der Waals surface area contributed by atoms with Crippen molar-refractivity contribution in [2.45, 2.75) is 30.8 Å². The van der Waals surface area contributed by atoms with Gasteiger partial charge in [-0.1, -0.05) is 6.92 Å². The molecule has 1 saturated carbocycles. The van der Waals surface area contributed by atoms with Gasteiger partial charge < -0.3 is 10.5 Å². The minimum Gasteiger partial charge on any atom is -0.490 e. The lowest BCUT2D eigenvalue weighted by molar-refractivity contribution is 0.0690. The molecule has 0 saturated heterocycles. The molecule has 19 heavy (non-hydrogen) atoms. The fraction of sp³-hybridized carbons (Fsp3) is 0.538. The highest BCUT2D eigenvalue weighted by Crippen LogP contribution is 2.30. The van der Waals surface area contributed by atoms with Crippen LogP contribution in [0.2, 0.25) is 0 Å². The number of ether oxygens (including phenoxy) is 1. The molecule has 5 nitrogen and oxygen atoms in total. The predicted molar refractivity (Wildman–Crippen MR) is 73.5 cm³/mol. The summed E-state index contributed by atoms with van der Waals surface area (Å²) in [5, 5.41) is 0. The van der Waals surface area contributed by atoms with Crippen molar-refractivity contribution in [1.29, 1.82) is 0 Å². The second kappa shape index (κ2) is 5.90. The molecule has 0 amide bonds. The quantitative estimate of drug-likeness (QED) is 0.819. The topological polar surface area (TPSA) is 81.4 Å². The number of sulfonamides is 1. The Morgan fingerprint density at radius 2 is 1.95 bits per heavy atom. The highest BCUT2D eigenvalue weighted by atomic mass is 32.2. The van der Waals surface area contributed by atoms with Crippen molar-refractivity contribution in [3.63, 3.8) is 0 Å². The van der Waals surface area contributed by atoms with Crippen LogP contribution in [0.25, 0.3) is 0 Å². The van der Waals surface area contributed by atoms with Crippen LogP contribution in [0.3, 0.4) is 0 Å². The van der Waals surface area contributed by atoms with Crippen molar-refractivity contribution in [1.82, 2.24) is 4.72 Å². The highest BCUT2D eigenvalue weighted by molar-refractivity contribution is 7.89. The molecule has 1 fully saturated rings. The van der Waals surface area contributed by atoms with Gasteiger partial charge in [-0.05, 0) is 49.6 Å². The van der Waals surface area contributed by atoms with Gasteiger partial charge >= 0.3 is 0 Å². The number of rotatable bonds is 6. The van der Waals surface area contributed by atoms with E-state index in [1.807, 2.05) is 0 Å². The molecule has 0 spiro atoms. The summed E-state index contributed by atoms with van der Waals surface area (Å²) in [6, 6.07) is 6.51. The minimum absolute atomic E-state index is 0.213. The van der Waals surface area contributed by atoms with Gasteiger partial charge in [0.1, 0.15) is 5.75 Å². The Morgan fingerprint density at radius 3 is 2.47 bits per heavy atom. The van der Waals surface area contributed by atoms with Crippen molar-refractivity contribution >= 4 is 10.0 Å². The zero-order chi connectivity index (χ0) is 13.9. The molecule has 0 heterocycles. The monoisotopic (exact) mass is 284 g/mol. The van der Waals surface area contributed by atoms with Gasteiger partial charge in [0.2, 0.25) is 10.0 Å². The van der Waals surface area contributed by atoms with E-state index in [0.29, 0.717) is 24.8 Å². The first-order chi connectivity index (χ1) is 9.05. The molecule has 0 radical (unpaired) electrons. The van der Waals surface area contributed by atoms with E-state index in [1.165, 1.54) is 0 Å². The molecular formula is C13H20N2O3S. The van der Waals surface area contributed by atoms with Gasteiger partial charge in [0.25, 0.3) is 0 Å². The van der Waals surface area contributed by atoms with Crippen LogP contribution in [-0.2, 0) is 10.0 Å². The molecule has 1 aromatic rings. The largest absolute Gasteiger partial charge is 0.490 e. The number of hydrogen-bond donors (Lipinski definition) is 2. The van der Waals surface area contributed by atoms with Crippen LogP contribution in [0.15, 0.2) is 29.2 Å². The zero-order valence-corrected chi connectivity index (χ0v) is 11.8. The third-order valence-electron chi connectivity index (χ3n) is 3.30. The van der Waals surface area contributed by atoms with Crippen molar-refractivity contribution in [2.24, 2.45) is 11.7 Å². The average molecular weight is 284 g/mol. The molecule has 3 N–H and O–H groups in total. The molecule has 2 rings (SSSR count). The van der Waals surface area contributed by atoms with Gasteiger partial charge in [-0.2, -0.15) is 0 Å². The molecule has 0 aromatic heterocycles. The van der Waals surface area contributed by atoms with Crippen LogP contribution in [-0.4, -0.2) is 27.6 Å². The van der Waals surface area contributed by atoms with E-state index >= 15 is 0 Å². The van der Waals surface area contributed by atoms with E-state index < -0.39 is 10.0 Å². The van der Waals surface area contributed by atoms with Gasteiger partial charge in [-0.25, -0.2) is 13.1 Å². The van der Waals surface area contributed by atoms with E-state index in [9.17, 15) is 8.42 Å². The van der Waals surface area contributed by atoms with Gasteiger partial charge in [0.15, 0.2) is 0 Å². The summed E-state index contributed by atoms with van der Waals surface area (Å²) in [6.07, 6.45) is 2.17. The summed E-state index contributed by atoms with van der Waals surface area (Å²) in [5.41, 5.74) is 5.56. The number of benzene rings is 1. The van der Waals surface area contributed by atoms with Crippen LogP contribution >= 0.6 is 0 Å². The fourth-order valence-electron chi connectivity index (χ4n) is 2.13. The molecule has 1 aliphatic carbocycles. The first-order valence-electron chi connectivity index (χ1n) is 6.51. The van der Waals surface area contributed by atoms with E-state index in [2.05, 4.69) is 4.72 Å². The third kappa shape index (κ3) is 3.46. The summed E-state index contributed by atoms with van der Waals surface area (Å²) in [4.78, 5) is 0.259. The number of hydrogen-bond acceptors (Lipinski definition) is 4. The lowest BCUT2D eigenvalue weighted by atomic mass is 9.82. The molecule has 0 atom stereocenters. The maximum absolute atomic E-state index is 11.7. The smallest absolute Gasteiger partial charge is 0.240 e. The second-order valence-electron chi connectivity index (χ2n) is 4.79. The predicted octanol–water partition coefficient (Wildman–Crippen LogP) is 1.10. The van der Waals surface area contributed by atoms with Crippen molar-refractivity contribution in [2.75, 3.05) is 13.1 Å². The normalized spacial score (nSPS) is 22.8. The summed E-state index contributed by atoms with van der Waals surface area (Å²) in [5.74, 6) is 1.27. The summed E-state index contributed by atoms with van der Waals surface area (Å²) in [7, 11) is -3.38. The average Bonchev–Trinajstić information content (AvgIpc) is 2.34. The van der Waals surface area contributed by atoms with Gasteiger partial charge in [0.05, 0.1) is 11.0 Å². The first-order valence-corrected chi connectivity index (χ1v) is 8.00. The van der Waals surface area contributed by atoms with Gasteiger partial charge in [0, 0.05) is 6.54 Å². The first kappa shape index (κ1) is 14.3. The maximum atomic E-state index is 11.7. The molecule has 106 valence electrons. The molecule has 0 bridgehead atoms. The number of nitrogens with one attached hydrogen (secondary N) is 1. The Hall–Kier alpha value is -1.11. The SMILES string of the molecule is CCNS(=O)(=O)c1ccc(OC2CC(CN)C2)cc1. The van der Waals surface area contributed by atoms with Gasteiger partial charge in [-0.15, -0.1) is 0 Å². The lowest BCUT2D eigenvalue weighted by Crippen LogP contribution is -2.37. The fourth-order valence-corrected chi connectivity index (χ4v) is 3.17. The van der Waals surface area contributed by atoms with E-state index in [-0.39, 0.29) is 11.0 Å². The maximum Gasteiger partial charge on any atom is 0.240 e. The Morgan fingerprint density at radius 1 is 1.32 bits per heavy atom. The van der Waals surface area contributed by atoms with Crippen molar-refractivity contribution in [3.8, 4) is 5.75 Å². The molecule has 0 unspecified atom stereocenters. The van der Waals surface area contributed by atoms with Crippen LogP contribution < -0.4 is 15.2 Å². The van der Waals surface area contributed by atoms with Crippen molar-refractivity contribution in [3.05, 3.63) is 24.3 Å². The summed E-state index contributed by atoms with van der Waals surface area (Å²) in [6.45, 7) is 2.84. The molecular weight excluding hydrogens is 264 g/mol. The second-order valence-corrected chi connectivity index (χ2v) is 6.55. The van der Waals surface area contributed by atoms with Crippen LogP contribution in [0.4, 0.5) is 0 Å². The van der Waals surface area contributed by atoms with Gasteiger partial charge in [-0.3, -0.25) is 0 Å². The van der Waals surface area contributed by atoms with Crippen LogP contribution in [0, 0.1) is 5.92 Å². The highest BCUT2D eigenvalue weighted by Gasteiger charge is 2.29. The van der Waals surface area contributed by atoms with Crippen LogP contribution in [0.1, 0.15) is 19.8 Å². The third-order valence-corrected chi connectivity index (χ3v) is 4.86. The lowest BCUT2D eigenvalue weighted by Gasteiger charge is -2.34. The molecule has 6 heteroatoms. The Kier molecular flexibility index (Phi) is 4.44. The standard InChI is InChI=1S/C13H20N2O3S/c1-2-15-19(16,17)13-5-3-11(4-6-13)18-12-7-10(8-12)9-14/h3-6,10,12,15H,2,7-9,14H2,1H3.